The van der Waals surface area contributed by atoms with Gasteiger partial charge in [-0.1, -0.05) is 44.7 Å². The molecule has 94 valence electrons. The van der Waals surface area contributed by atoms with Crippen molar-refractivity contribution in [2.45, 2.75) is 64.2 Å². The molecule has 1 heterocycles. The van der Waals surface area contributed by atoms with E-state index in [0.29, 0.717) is 0 Å². The van der Waals surface area contributed by atoms with Gasteiger partial charge in [-0.25, -0.2) is 0 Å². The smallest absolute Gasteiger partial charge is 0.0909 e. The van der Waals surface area contributed by atoms with E-state index in [1.165, 1.54) is 43.4 Å². The zero-order valence-electron chi connectivity index (χ0n) is 11.7. The summed E-state index contributed by atoms with van der Waals surface area (Å²) in [5.74, 6) is 0.726. The largest absolute Gasteiger partial charge is 0.211 e. The van der Waals surface area contributed by atoms with E-state index < -0.39 is 0 Å². The van der Waals surface area contributed by atoms with Gasteiger partial charge in [-0.15, -0.1) is 0 Å². The number of aryl methyl sites for hydroxylation is 1. The first-order valence-corrected chi connectivity index (χ1v) is 6.85. The Kier molecular flexibility index (Phi) is 3.50. The van der Waals surface area contributed by atoms with Crippen molar-refractivity contribution in [2.24, 2.45) is 7.05 Å². The van der Waals surface area contributed by atoms with E-state index >= 15 is 0 Å². The summed E-state index contributed by atoms with van der Waals surface area (Å²) in [6.45, 7) is 6.78. The molecule has 0 unspecified atom stereocenters. The maximum absolute atomic E-state index is 4.54. The van der Waals surface area contributed by atoms with Crippen LogP contribution >= 0.6 is 0 Å². The van der Waals surface area contributed by atoms with Gasteiger partial charge >= 0.3 is 0 Å². The Balaban J connectivity index is 2.31. The highest BCUT2D eigenvalue weighted by Gasteiger charge is 2.26. The Labute approximate surface area is 105 Å². The molecule has 1 aromatic rings. The van der Waals surface area contributed by atoms with E-state index in [1.54, 1.807) is 0 Å². The lowest BCUT2D eigenvalue weighted by Gasteiger charge is -2.22. The Morgan fingerprint density at radius 3 is 2.41 bits per heavy atom. The molecule has 0 aliphatic heterocycles. The van der Waals surface area contributed by atoms with Crippen LogP contribution in [0.5, 0.6) is 0 Å². The van der Waals surface area contributed by atoms with Gasteiger partial charge in [-0.05, 0) is 28.9 Å². The lowest BCUT2D eigenvalue weighted by atomic mass is 9.83. The SMILES string of the molecule is C[n+]1ncc(C(C)(C)C)cc1C1CCCCC1. The maximum Gasteiger partial charge on any atom is 0.211 e. The maximum atomic E-state index is 4.54. The molecule has 1 aromatic heterocycles. The summed E-state index contributed by atoms with van der Waals surface area (Å²) in [5.41, 5.74) is 2.98. The molecule has 0 radical (unpaired) electrons. The third-order valence-electron chi connectivity index (χ3n) is 3.94. The molecule has 17 heavy (non-hydrogen) atoms. The molecule has 2 rings (SSSR count). The van der Waals surface area contributed by atoms with Gasteiger partial charge < -0.3 is 0 Å². The Hall–Kier alpha value is -0.920. The van der Waals surface area contributed by atoms with E-state index in [-0.39, 0.29) is 5.41 Å². The van der Waals surface area contributed by atoms with Crippen LogP contribution in [-0.4, -0.2) is 5.10 Å². The molecule has 0 bridgehead atoms. The second-order valence-corrected chi connectivity index (χ2v) is 6.38. The average Bonchev–Trinajstić information content (AvgIpc) is 2.29. The molecule has 2 heteroatoms. The molecule has 1 fully saturated rings. The molecule has 0 saturated heterocycles. The molecular formula is C15H25N2+. The summed E-state index contributed by atoms with van der Waals surface area (Å²) < 4.78 is 2.07. The zero-order chi connectivity index (χ0) is 12.5. The second kappa shape index (κ2) is 4.75. The minimum Gasteiger partial charge on any atom is -0.0909 e. The van der Waals surface area contributed by atoms with Crippen molar-refractivity contribution in [1.82, 2.24) is 5.10 Å². The van der Waals surface area contributed by atoms with Crippen LogP contribution in [0.3, 0.4) is 0 Å². The van der Waals surface area contributed by atoms with Crippen molar-refractivity contribution in [3.05, 3.63) is 23.5 Å². The monoisotopic (exact) mass is 233 g/mol. The van der Waals surface area contributed by atoms with Crippen molar-refractivity contribution >= 4 is 0 Å². The highest BCUT2D eigenvalue weighted by atomic mass is 15.2. The van der Waals surface area contributed by atoms with Gasteiger partial charge in [0.15, 0.2) is 7.05 Å². The molecule has 0 spiro atoms. The molecule has 1 aliphatic carbocycles. The van der Waals surface area contributed by atoms with Crippen LogP contribution in [0.2, 0.25) is 0 Å². The Bertz CT molecular complexity index is 384. The fourth-order valence-corrected chi connectivity index (χ4v) is 2.70. The van der Waals surface area contributed by atoms with E-state index in [0.717, 1.165) is 5.92 Å². The van der Waals surface area contributed by atoms with Gasteiger partial charge in [0.1, 0.15) is 0 Å². The van der Waals surface area contributed by atoms with E-state index in [9.17, 15) is 0 Å². The zero-order valence-corrected chi connectivity index (χ0v) is 11.7. The normalized spacial score (nSPS) is 18.4. The molecule has 0 N–H and O–H groups in total. The van der Waals surface area contributed by atoms with Gasteiger partial charge in [0.25, 0.3) is 0 Å². The third-order valence-corrected chi connectivity index (χ3v) is 3.94. The third kappa shape index (κ3) is 2.85. The van der Waals surface area contributed by atoms with Gasteiger partial charge in [-0.2, -0.15) is 0 Å². The first-order valence-electron chi connectivity index (χ1n) is 6.85. The van der Waals surface area contributed by atoms with Crippen molar-refractivity contribution < 1.29 is 4.68 Å². The van der Waals surface area contributed by atoms with Crippen LogP contribution in [0.25, 0.3) is 0 Å². The first-order chi connectivity index (χ1) is 7.98. The van der Waals surface area contributed by atoms with Crippen LogP contribution in [0.4, 0.5) is 0 Å². The molecule has 1 saturated carbocycles. The van der Waals surface area contributed by atoms with E-state index in [2.05, 4.69) is 43.7 Å². The number of nitrogens with zero attached hydrogens (tertiary/aromatic N) is 2. The van der Waals surface area contributed by atoms with Crippen LogP contribution in [0.1, 0.15) is 70.1 Å². The van der Waals surface area contributed by atoms with Gasteiger partial charge in [0, 0.05) is 12.0 Å². The predicted molar refractivity (Wildman–Crippen MR) is 69.9 cm³/mol. The summed E-state index contributed by atoms with van der Waals surface area (Å²) in [6, 6.07) is 2.38. The summed E-state index contributed by atoms with van der Waals surface area (Å²) in [7, 11) is 2.08. The highest BCUT2D eigenvalue weighted by Crippen LogP contribution is 2.32. The quantitative estimate of drug-likeness (QED) is 0.680. The summed E-state index contributed by atoms with van der Waals surface area (Å²) in [6.07, 6.45) is 8.86. The van der Waals surface area contributed by atoms with Gasteiger partial charge in [-0.3, -0.25) is 0 Å². The summed E-state index contributed by atoms with van der Waals surface area (Å²) in [4.78, 5) is 0. The Morgan fingerprint density at radius 2 is 1.82 bits per heavy atom. The highest BCUT2D eigenvalue weighted by molar-refractivity contribution is 5.20. The number of hydrogen-bond donors (Lipinski definition) is 0. The number of hydrogen-bond acceptors (Lipinski definition) is 1. The van der Waals surface area contributed by atoms with Crippen molar-refractivity contribution in [3.8, 4) is 0 Å². The topological polar surface area (TPSA) is 16.8 Å². The van der Waals surface area contributed by atoms with E-state index in [1.807, 2.05) is 6.20 Å². The molecule has 2 nitrogen and oxygen atoms in total. The molecule has 0 aromatic carbocycles. The molecular weight excluding hydrogens is 208 g/mol. The molecule has 0 atom stereocenters. The number of rotatable bonds is 1. The van der Waals surface area contributed by atoms with Crippen LogP contribution in [0, 0.1) is 0 Å². The summed E-state index contributed by atoms with van der Waals surface area (Å²) in [5, 5.41) is 4.54. The molecule has 1 aliphatic rings. The van der Waals surface area contributed by atoms with Crippen molar-refractivity contribution in [1.29, 1.82) is 0 Å². The van der Waals surface area contributed by atoms with E-state index in [4.69, 9.17) is 0 Å². The fraction of sp³-hybridized carbons (Fsp3) is 0.733. The standard InChI is InChI=1S/C15H25N2/c1-15(2,3)13-10-14(17(4)16-11-13)12-8-6-5-7-9-12/h10-12H,5-9H2,1-4H3/q+1. The fourth-order valence-electron chi connectivity index (χ4n) is 2.70. The van der Waals surface area contributed by atoms with Gasteiger partial charge in [0.05, 0.1) is 6.20 Å². The minimum absolute atomic E-state index is 0.199. The number of aromatic nitrogens is 2. The predicted octanol–water partition coefficient (Wildman–Crippen LogP) is 3.25. The van der Waals surface area contributed by atoms with Crippen molar-refractivity contribution in [3.63, 3.8) is 0 Å². The van der Waals surface area contributed by atoms with Crippen LogP contribution in [0.15, 0.2) is 12.3 Å². The Morgan fingerprint density at radius 1 is 1.18 bits per heavy atom. The second-order valence-electron chi connectivity index (χ2n) is 6.38. The molecule has 0 amide bonds. The lowest BCUT2D eigenvalue weighted by Crippen LogP contribution is -2.40. The van der Waals surface area contributed by atoms with Crippen LogP contribution in [-0.2, 0) is 12.5 Å². The minimum atomic E-state index is 0.199. The van der Waals surface area contributed by atoms with Gasteiger partial charge in [0.2, 0.25) is 5.69 Å². The van der Waals surface area contributed by atoms with Crippen LogP contribution < -0.4 is 4.68 Å². The van der Waals surface area contributed by atoms with Crippen molar-refractivity contribution in [2.75, 3.05) is 0 Å². The summed E-state index contributed by atoms with van der Waals surface area (Å²) >= 11 is 0. The first kappa shape index (κ1) is 12.5. The average molecular weight is 233 g/mol. The lowest BCUT2D eigenvalue weighted by molar-refractivity contribution is -0.739.